The van der Waals surface area contributed by atoms with E-state index >= 15 is 0 Å². The minimum Gasteiger partial charge on any atom is -0.377 e. The summed E-state index contributed by atoms with van der Waals surface area (Å²) in [5, 5.41) is 1.89. The molecular formula is C15H15FO2S. The maximum atomic E-state index is 13.3. The topological polar surface area (TPSA) is 26.3 Å². The highest BCUT2D eigenvalue weighted by atomic mass is 32.1. The number of hydrogen-bond acceptors (Lipinski definition) is 3. The number of carbonyl (C=O) groups is 1. The van der Waals surface area contributed by atoms with Crippen molar-refractivity contribution in [3.63, 3.8) is 0 Å². The van der Waals surface area contributed by atoms with E-state index in [1.54, 1.807) is 18.2 Å². The molecule has 0 aliphatic heterocycles. The van der Waals surface area contributed by atoms with Gasteiger partial charge in [-0.3, -0.25) is 4.79 Å². The molecule has 0 aliphatic carbocycles. The van der Waals surface area contributed by atoms with Crippen LogP contribution >= 0.6 is 11.3 Å². The van der Waals surface area contributed by atoms with E-state index < -0.39 is 0 Å². The Labute approximate surface area is 115 Å². The van der Waals surface area contributed by atoms with Gasteiger partial charge in [0.15, 0.2) is 5.78 Å². The van der Waals surface area contributed by atoms with Crippen LogP contribution in [-0.2, 0) is 11.3 Å². The Hall–Kier alpha value is -1.52. The molecular weight excluding hydrogens is 263 g/mol. The van der Waals surface area contributed by atoms with Crippen molar-refractivity contribution in [3.8, 4) is 0 Å². The number of rotatable bonds is 7. The number of ketones is 1. The molecule has 19 heavy (non-hydrogen) atoms. The SMILES string of the molecule is O=C(CCCOCc1ccccc1F)c1cccs1. The summed E-state index contributed by atoms with van der Waals surface area (Å²) in [5.74, 6) is -0.110. The Kier molecular flexibility index (Phi) is 5.24. The van der Waals surface area contributed by atoms with Gasteiger partial charge in [-0.05, 0) is 23.9 Å². The van der Waals surface area contributed by atoms with Gasteiger partial charge in [0, 0.05) is 18.6 Å². The van der Waals surface area contributed by atoms with Gasteiger partial charge in [0.2, 0.25) is 0 Å². The fourth-order valence-electron chi connectivity index (χ4n) is 1.69. The molecule has 100 valence electrons. The average Bonchev–Trinajstić information content (AvgIpc) is 2.94. The van der Waals surface area contributed by atoms with Gasteiger partial charge in [-0.15, -0.1) is 11.3 Å². The predicted octanol–water partition coefficient (Wildman–Crippen LogP) is 4.07. The Morgan fingerprint density at radius 3 is 2.79 bits per heavy atom. The molecule has 1 aromatic heterocycles. The molecule has 0 aliphatic rings. The van der Waals surface area contributed by atoms with E-state index in [9.17, 15) is 9.18 Å². The standard InChI is InChI=1S/C15H15FO2S/c16-13-6-2-1-5-12(13)11-18-9-3-7-14(17)15-8-4-10-19-15/h1-2,4-6,8,10H,3,7,9,11H2. The Morgan fingerprint density at radius 2 is 2.05 bits per heavy atom. The second-order valence-corrected chi connectivity index (χ2v) is 5.10. The van der Waals surface area contributed by atoms with E-state index in [0.29, 0.717) is 25.0 Å². The highest BCUT2D eigenvalue weighted by molar-refractivity contribution is 7.12. The molecule has 0 fully saturated rings. The zero-order chi connectivity index (χ0) is 13.5. The van der Waals surface area contributed by atoms with Crippen molar-refractivity contribution >= 4 is 17.1 Å². The highest BCUT2D eigenvalue weighted by Crippen LogP contribution is 2.13. The van der Waals surface area contributed by atoms with Gasteiger partial charge < -0.3 is 4.74 Å². The van der Waals surface area contributed by atoms with Crippen molar-refractivity contribution in [2.45, 2.75) is 19.4 Å². The third kappa shape index (κ3) is 4.26. The summed E-state index contributed by atoms with van der Waals surface area (Å²) in [6.45, 7) is 0.714. The van der Waals surface area contributed by atoms with Gasteiger partial charge in [0.05, 0.1) is 11.5 Å². The van der Waals surface area contributed by atoms with Crippen molar-refractivity contribution in [1.29, 1.82) is 0 Å². The maximum Gasteiger partial charge on any atom is 0.172 e. The average molecular weight is 278 g/mol. The molecule has 0 amide bonds. The fourth-order valence-corrected chi connectivity index (χ4v) is 2.39. The van der Waals surface area contributed by atoms with Gasteiger partial charge in [-0.2, -0.15) is 0 Å². The van der Waals surface area contributed by atoms with Crippen molar-refractivity contribution in [2.24, 2.45) is 0 Å². The molecule has 0 spiro atoms. The number of ether oxygens (including phenoxy) is 1. The summed E-state index contributed by atoms with van der Waals surface area (Å²) in [6, 6.07) is 10.2. The summed E-state index contributed by atoms with van der Waals surface area (Å²) in [4.78, 5) is 12.5. The third-order valence-corrected chi connectivity index (χ3v) is 3.61. The van der Waals surface area contributed by atoms with E-state index in [4.69, 9.17) is 4.74 Å². The largest absolute Gasteiger partial charge is 0.377 e. The number of benzene rings is 1. The van der Waals surface area contributed by atoms with E-state index in [1.807, 2.05) is 17.5 Å². The molecule has 0 atom stereocenters. The first kappa shape index (κ1) is 13.9. The van der Waals surface area contributed by atoms with Gasteiger partial charge in [-0.1, -0.05) is 24.3 Å². The number of thiophene rings is 1. The zero-order valence-corrected chi connectivity index (χ0v) is 11.3. The van der Waals surface area contributed by atoms with Gasteiger partial charge in [-0.25, -0.2) is 4.39 Å². The van der Waals surface area contributed by atoms with Crippen molar-refractivity contribution in [1.82, 2.24) is 0 Å². The quantitative estimate of drug-likeness (QED) is 0.564. The van der Waals surface area contributed by atoms with Crippen molar-refractivity contribution in [3.05, 3.63) is 58.0 Å². The minimum absolute atomic E-state index is 0.143. The molecule has 0 saturated carbocycles. The molecule has 0 N–H and O–H groups in total. The number of halogens is 1. The second kappa shape index (κ2) is 7.16. The third-order valence-electron chi connectivity index (χ3n) is 2.70. The fraction of sp³-hybridized carbons (Fsp3) is 0.267. The number of carbonyl (C=O) groups excluding carboxylic acids is 1. The molecule has 2 nitrogen and oxygen atoms in total. The van der Waals surface area contributed by atoms with Crippen LogP contribution in [0.4, 0.5) is 4.39 Å². The van der Waals surface area contributed by atoms with E-state index in [2.05, 4.69) is 0 Å². The van der Waals surface area contributed by atoms with E-state index in [0.717, 1.165) is 4.88 Å². The molecule has 1 heterocycles. The first-order valence-corrected chi connectivity index (χ1v) is 7.03. The first-order chi connectivity index (χ1) is 9.27. The van der Waals surface area contributed by atoms with Crippen LogP contribution in [0.15, 0.2) is 41.8 Å². The molecule has 0 radical (unpaired) electrons. The number of Topliss-reactive ketones (excluding diaryl/α,β-unsaturated/α-hetero) is 1. The summed E-state index contributed by atoms with van der Waals surface area (Å²) < 4.78 is 18.7. The summed E-state index contributed by atoms with van der Waals surface area (Å²) in [6.07, 6.45) is 1.13. The number of hydrogen-bond donors (Lipinski definition) is 0. The molecule has 1 aromatic carbocycles. The van der Waals surface area contributed by atoms with Crippen LogP contribution in [0, 0.1) is 5.82 Å². The van der Waals surface area contributed by atoms with Crippen LogP contribution < -0.4 is 0 Å². The van der Waals surface area contributed by atoms with Crippen LogP contribution in [0.1, 0.15) is 28.1 Å². The monoisotopic (exact) mass is 278 g/mol. The Morgan fingerprint density at radius 1 is 1.21 bits per heavy atom. The van der Waals surface area contributed by atoms with Crippen LogP contribution in [0.25, 0.3) is 0 Å². The predicted molar refractivity (Wildman–Crippen MR) is 73.9 cm³/mol. The van der Waals surface area contributed by atoms with Gasteiger partial charge in [0.1, 0.15) is 5.82 Å². The Bertz CT molecular complexity index is 523. The molecule has 2 rings (SSSR count). The molecule has 4 heteroatoms. The van der Waals surface area contributed by atoms with Crippen LogP contribution in [0.5, 0.6) is 0 Å². The van der Waals surface area contributed by atoms with Crippen LogP contribution in [0.2, 0.25) is 0 Å². The molecule has 0 saturated heterocycles. The van der Waals surface area contributed by atoms with E-state index in [1.165, 1.54) is 17.4 Å². The van der Waals surface area contributed by atoms with Crippen molar-refractivity contribution in [2.75, 3.05) is 6.61 Å². The second-order valence-electron chi connectivity index (χ2n) is 4.15. The zero-order valence-electron chi connectivity index (χ0n) is 10.5. The Balaban J connectivity index is 1.65. The van der Waals surface area contributed by atoms with Gasteiger partial charge >= 0.3 is 0 Å². The summed E-state index contributed by atoms with van der Waals surface area (Å²) in [7, 11) is 0. The molecule has 0 bridgehead atoms. The summed E-state index contributed by atoms with van der Waals surface area (Å²) in [5.41, 5.74) is 0.548. The lowest BCUT2D eigenvalue weighted by Crippen LogP contribution is -2.01. The minimum atomic E-state index is -0.253. The normalized spacial score (nSPS) is 10.6. The molecule has 2 aromatic rings. The lowest BCUT2D eigenvalue weighted by Gasteiger charge is -2.04. The maximum absolute atomic E-state index is 13.3. The lowest BCUT2D eigenvalue weighted by atomic mass is 10.2. The van der Waals surface area contributed by atoms with Gasteiger partial charge in [0.25, 0.3) is 0 Å². The van der Waals surface area contributed by atoms with E-state index in [-0.39, 0.29) is 18.2 Å². The van der Waals surface area contributed by atoms with Crippen LogP contribution in [-0.4, -0.2) is 12.4 Å². The van der Waals surface area contributed by atoms with Crippen LogP contribution in [0.3, 0.4) is 0 Å². The smallest absolute Gasteiger partial charge is 0.172 e. The van der Waals surface area contributed by atoms with Crippen molar-refractivity contribution < 1.29 is 13.9 Å². The lowest BCUT2D eigenvalue weighted by molar-refractivity contribution is 0.0918. The first-order valence-electron chi connectivity index (χ1n) is 6.15. The summed E-state index contributed by atoms with van der Waals surface area (Å²) >= 11 is 1.45. The molecule has 0 unspecified atom stereocenters. The highest BCUT2D eigenvalue weighted by Gasteiger charge is 2.06.